The predicted molar refractivity (Wildman–Crippen MR) is 141 cm³/mol. The van der Waals surface area contributed by atoms with Crippen molar-refractivity contribution in [2.24, 2.45) is 5.10 Å². The van der Waals surface area contributed by atoms with Crippen molar-refractivity contribution in [1.82, 2.24) is 9.66 Å². The Bertz CT molecular complexity index is 1230. The molecule has 0 saturated heterocycles. The van der Waals surface area contributed by atoms with Gasteiger partial charge in [-0.2, -0.15) is 9.78 Å². The molecule has 0 aliphatic heterocycles. The summed E-state index contributed by atoms with van der Waals surface area (Å²) < 4.78 is 14.9. The average molecular weight is 612 g/mol. The largest absolute Gasteiger partial charge is 0.490 e. The van der Waals surface area contributed by atoms with E-state index in [9.17, 15) is 4.79 Å². The number of hydrogen-bond acceptors (Lipinski definition) is 5. The first-order chi connectivity index (χ1) is 15.0. The molecule has 0 fully saturated rings. The Hall–Kier alpha value is -1.94. The highest BCUT2D eigenvalue weighted by molar-refractivity contribution is 14.1. The first-order valence-electron chi connectivity index (χ1n) is 10.4. The van der Waals surface area contributed by atoms with Gasteiger partial charge in [0, 0.05) is 9.89 Å². The molecule has 3 rings (SSSR count). The molecule has 6 nitrogen and oxygen atoms in total. The fourth-order valence-corrected chi connectivity index (χ4v) is 4.25. The number of rotatable bonds is 6. The predicted octanol–water partition coefficient (Wildman–Crippen LogP) is 6.13. The van der Waals surface area contributed by atoms with Crippen LogP contribution in [0.15, 0.2) is 44.7 Å². The maximum absolute atomic E-state index is 13.3. The van der Waals surface area contributed by atoms with Crippen LogP contribution in [0.4, 0.5) is 0 Å². The Morgan fingerprint density at radius 3 is 2.59 bits per heavy atom. The van der Waals surface area contributed by atoms with Gasteiger partial charge in [0.15, 0.2) is 11.5 Å². The van der Waals surface area contributed by atoms with E-state index in [1.165, 1.54) is 4.68 Å². The zero-order valence-corrected chi connectivity index (χ0v) is 22.8. The molecule has 0 unspecified atom stereocenters. The summed E-state index contributed by atoms with van der Waals surface area (Å²) in [6.45, 7) is 12.4. The number of aromatic nitrogens is 2. The summed E-state index contributed by atoms with van der Waals surface area (Å²) in [5.41, 5.74) is 0.863. The van der Waals surface area contributed by atoms with E-state index in [-0.39, 0.29) is 17.1 Å². The number of halogens is 2. The maximum atomic E-state index is 13.3. The topological polar surface area (TPSA) is 65.7 Å². The molecular formula is C24H27BrIN3O3. The van der Waals surface area contributed by atoms with Crippen molar-refractivity contribution in [2.45, 2.75) is 53.1 Å². The van der Waals surface area contributed by atoms with Gasteiger partial charge in [-0.3, -0.25) is 4.79 Å². The minimum atomic E-state index is -0.377. The van der Waals surface area contributed by atoms with Crippen LogP contribution < -0.4 is 15.0 Å². The van der Waals surface area contributed by atoms with E-state index in [4.69, 9.17) is 14.5 Å². The molecule has 0 spiro atoms. The van der Waals surface area contributed by atoms with Crippen LogP contribution in [0, 0.1) is 3.57 Å². The van der Waals surface area contributed by atoms with Crippen molar-refractivity contribution in [3.63, 3.8) is 0 Å². The molecule has 0 aliphatic carbocycles. The van der Waals surface area contributed by atoms with Gasteiger partial charge in [-0.05, 0) is 79.3 Å². The van der Waals surface area contributed by atoms with Crippen LogP contribution in [-0.4, -0.2) is 28.6 Å². The third-order valence-corrected chi connectivity index (χ3v) is 5.78. The van der Waals surface area contributed by atoms with Crippen molar-refractivity contribution in [3.05, 3.63) is 60.1 Å². The first kappa shape index (κ1) is 24.7. The van der Waals surface area contributed by atoms with Crippen molar-refractivity contribution in [2.75, 3.05) is 6.61 Å². The molecule has 0 radical (unpaired) electrons. The molecular weight excluding hydrogens is 585 g/mol. The minimum Gasteiger partial charge on any atom is -0.490 e. The second-order valence-corrected chi connectivity index (χ2v) is 10.7. The van der Waals surface area contributed by atoms with Gasteiger partial charge >= 0.3 is 0 Å². The van der Waals surface area contributed by atoms with Gasteiger partial charge in [0.1, 0.15) is 5.82 Å². The third kappa shape index (κ3) is 5.51. The lowest BCUT2D eigenvalue weighted by molar-refractivity contribution is 0.222. The lowest BCUT2D eigenvalue weighted by Gasteiger charge is -2.21. The van der Waals surface area contributed by atoms with Gasteiger partial charge in [-0.15, -0.1) is 0 Å². The molecule has 170 valence electrons. The van der Waals surface area contributed by atoms with Crippen molar-refractivity contribution < 1.29 is 9.47 Å². The number of ether oxygens (including phenoxy) is 2. The van der Waals surface area contributed by atoms with Crippen LogP contribution in [0.2, 0.25) is 0 Å². The van der Waals surface area contributed by atoms with Crippen LogP contribution >= 0.6 is 38.5 Å². The lowest BCUT2D eigenvalue weighted by Crippen LogP contribution is -2.29. The standard InChI is InChI=1S/C24H27BrIN3O3/c1-7-31-20-11-15(10-18(26)21(20)32-14(2)3)13-27-29-22(30)17-12-16(25)8-9-19(17)28-23(29)24(4,5)6/h8-14H,7H2,1-6H3. The summed E-state index contributed by atoms with van der Waals surface area (Å²) >= 11 is 5.67. The summed E-state index contributed by atoms with van der Waals surface area (Å²) in [6.07, 6.45) is 1.68. The highest BCUT2D eigenvalue weighted by Gasteiger charge is 2.23. The van der Waals surface area contributed by atoms with E-state index in [1.807, 2.05) is 65.8 Å². The van der Waals surface area contributed by atoms with Gasteiger partial charge in [0.05, 0.1) is 33.4 Å². The highest BCUT2D eigenvalue weighted by Crippen LogP contribution is 2.34. The zero-order chi connectivity index (χ0) is 23.6. The molecule has 0 bridgehead atoms. The molecule has 0 aliphatic rings. The van der Waals surface area contributed by atoms with Crippen LogP contribution in [0.25, 0.3) is 10.9 Å². The summed E-state index contributed by atoms with van der Waals surface area (Å²) in [6, 6.07) is 9.33. The van der Waals surface area contributed by atoms with Crippen LogP contribution in [0.1, 0.15) is 52.9 Å². The Morgan fingerprint density at radius 2 is 1.97 bits per heavy atom. The summed E-state index contributed by atoms with van der Waals surface area (Å²) in [5.74, 6) is 1.95. The smallest absolute Gasteiger partial charge is 0.282 e. The SMILES string of the molecule is CCOc1cc(C=Nn2c(C(C)(C)C)nc3ccc(Br)cc3c2=O)cc(I)c1OC(C)C. The highest BCUT2D eigenvalue weighted by atomic mass is 127. The molecule has 1 aromatic heterocycles. The van der Waals surface area contributed by atoms with Gasteiger partial charge in [0.2, 0.25) is 0 Å². The van der Waals surface area contributed by atoms with E-state index in [0.29, 0.717) is 34.8 Å². The summed E-state index contributed by atoms with van der Waals surface area (Å²) in [5, 5.41) is 5.07. The second kappa shape index (κ2) is 9.91. The maximum Gasteiger partial charge on any atom is 0.282 e. The minimum absolute atomic E-state index is 0.0261. The van der Waals surface area contributed by atoms with Crippen LogP contribution in [-0.2, 0) is 5.41 Å². The van der Waals surface area contributed by atoms with Gasteiger partial charge < -0.3 is 9.47 Å². The Kier molecular flexibility index (Phi) is 7.65. The normalized spacial score (nSPS) is 12.2. The Morgan fingerprint density at radius 1 is 1.25 bits per heavy atom. The molecule has 1 heterocycles. The fraction of sp³-hybridized carbons (Fsp3) is 0.375. The van der Waals surface area contributed by atoms with Gasteiger partial charge in [-0.1, -0.05) is 36.7 Å². The zero-order valence-electron chi connectivity index (χ0n) is 19.1. The van der Waals surface area contributed by atoms with Crippen molar-refractivity contribution >= 4 is 55.6 Å². The van der Waals surface area contributed by atoms with E-state index in [0.717, 1.165) is 13.6 Å². The molecule has 32 heavy (non-hydrogen) atoms. The molecule has 0 atom stereocenters. The van der Waals surface area contributed by atoms with E-state index in [2.05, 4.69) is 43.6 Å². The molecule has 2 aromatic carbocycles. The average Bonchev–Trinajstić information content (AvgIpc) is 2.69. The number of nitrogens with zero attached hydrogens (tertiary/aromatic N) is 3. The number of hydrogen-bond donors (Lipinski definition) is 0. The number of fused-ring (bicyclic) bond motifs is 1. The van der Waals surface area contributed by atoms with E-state index < -0.39 is 0 Å². The number of benzene rings is 2. The van der Waals surface area contributed by atoms with Gasteiger partial charge in [-0.25, -0.2) is 4.98 Å². The summed E-state index contributed by atoms with van der Waals surface area (Å²) in [7, 11) is 0. The van der Waals surface area contributed by atoms with E-state index >= 15 is 0 Å². The molecule has 8 heteroatoms. The van der Waals surface area contributed by atoms with Crippen LogP contribution in [0.5, 0.6) is 11.5 Å². The molecule has 0 amide bonds. The van der Waals surface area contributed by atoms with E-state index in [1.54, 1.807) is 12.3 Å². The third-order valence-electron chi connectivity index (χ3n) is 4.49. The second-order valence-electron chi connectivity index (χ2n) is 8.64. The fourth-order valence-electron chi connectivity index (χ4n) is 3.14. The van der Waals surface area contributed by atoms with Crippen LogP contribution in [0.3, 0.4) is 0 Å². The van der Waals surface area contributed by atoms with Crippen molar-refractivity contribution in [1.29, 1.82) is 0 Å². The van der Waals surface area contributed by atoms with Gasteiger partial charge in [0.25, 0.3) is 5.56 Å². The Balaban J connectivity index is 2.15. The lowest BCUT2D eigenvalue weighted by atomic mass is 9.95. The van der Waals surface area contributed by atoms with Crippen molar-refractivity contribution in [3.8, 4) is 11.5 Å². The Labute approximate surface area is 210 Å². The monoisotopic (exact) mass is 611 g/mol. The quantitative estimate of drug-likeness (QED) is 0.248. The molecule has 0 N–H and O–H groups in total. The first-order valence-corrected chi connectivity index (χ1v) is 12.3. The summed E-state index contributed by atoms with van der Waals surface area (Å²) in [4.78, 5) is 18.1. The molecule has 3 aromatic rings. The molecule has 0 saturated carbocycles.